The average Bonchev–Trinajstić information content (AvgIpc) is 2.46. The van der Waals surface area contributed by atoms with Gasteiger partial charge in [0.15, 0.2) is 0 Å². The fourth-order valence-corrected chi connectivity index (χ4v) is 1.69. The van der Waals surface area contributed by atoms with Gasteiger partial charge in [0.2, 0.25) is 5.88 Å². The number of amides is 1. The molecule has 0 atom stereocenters. The first-order chi connectivity index (χ1) is 9.13. The third kappa shape index (κ3) is 2.65. The van der Waals surface area contributed by atoms with E-state index in [9.17, 15) is 9.90 Å². The van der Waals surface area contributed by atoms with E-state index < -0.39 is 0 Å². The first-order valence-electron chi connectivity index (χ1n) is 5.69. The molecule has 1 heterocycles. The van der Waals surface area contributed by atoms with Crippen LogP contribution in [0.15, 0.2) is 42.6 Å². The van der Waals surface area contributed by atoms with E-state index in [1.165, 1.54) is 24.1 Å². The van der Waals surface area contributed by atoms with Gasteiger partial charge in [-0.25, -0.2) is 4.98 Å². The summed E-state index contributed by atoms with van der Waals surface area (Å²) in [6, 6.07) is 9.72. The van der Waals surface area contributed by atoms with Crippen LogP contribution in [0.3, 0.4) is 0 Å². The number of hydrogen-bond acceptors (Lipinski definition) is 4. The minimum absolute atomic E-state index is 0.156. The Morgan fingerprint density at radius 3 is 2.58 bits per heavy atom. The smallest absolute Gasteiger partial charge is 0.263 e. The lowest BCUT2D eigenvalue weighted by Gasteiger charge is -2.18. The lowest BCUT2D eigenvalue weighted by atomic mass is 10.2. The van der Waals surface area contributed by atoms with Gasteiger partial charge in [-0.15, -0.1) is 0 Å². The topological polar surface area (TPSA) is 62.7 Å². The molecule has 1 amide bonds. The van der Waals surface area contributed by atoms with Crippen LogP contribution in [-0.2, 0) is 0 Å². The average molecular weight is 258 g/mol. The molecule has 0 fully saturated rings. The highest BCUT2D eigenvalue weighted by molar-refractivity contribution is 6.07. The van der Waals surface area contributed by atoms with Crippen molar-refractivity contribution in [3.63, 3.8) is 0 Å². The molecule has 0 aliphatic carbocycles. The summed E-state index contributed by atoms with van der Waals surface area (Å²) in [7, 11) is 3.13. The number of carbonyl (C=O) groups excluding carboxylic acids is 1. The van der Waals surface area contributed by atoms with Crippen molar-refractivity contribution >= 4 is 11.6 Å². The lowest BCUT2D eigenvalue weighted by molar-refractivity contribution is 0.0989. The van der Waals surface area contributed by atoms with E-state index in [0.29, 0.717) is 11.3 Å². The Morgan fingerprint density at radius 1 is 1.26 bits per heavy atom. The number of aromatic hydroxyl groups is 1. The standard InChI is InChI=1S/C14H14N2O3/c1-16(10-5-7-11(17)8-6-10)14(18)12-4-3-9-15-13(12)19-2/h3-9,17H,1-2H3. The Hall–Kier alpha value is -2.56. The molecule has 0 saturated heterocycles. The van der Waals surface area contributed by atoms with Gasteiger partial charge in [-0.05, 0) is 36.4 Å². The van der Waals surface area contributed by atoms with Crippen LogP contribution < -0.4 is 9.64 Å². The molecule has 5 nitrogen and oxygen atoms in total. The highest BCUT2D eigenvalue weighted by Gasteiger charge is 2.18. The van der Waals surface area contributed by atoms with Crippen LogP contribution in [0, 0.1) is 0 Å². The number of aromatic nitrogens is 1. The Bertz CT molecular complexity index is 581. The van der Waals surface area contributed by atoms with Gasteiger partial charge in [0.05, 0.1) is 7.11 Å². The molecular formula is C14H14N2O3. The van der Waals surface area contributed by atoms with Crippen LogP contribution in [0.4, 0.5) is 5.69 Å². The zero-order valence-corrected chi connectivity index (χ0v) is 10.7. The Labute approximate surface area is 111 Å². The molecule has 1 N–H and O–H groups in total. The van der Waals surface area contributed by atoms with Crippen molar-refractivity contribution in [1.82, 2.24) is 4.98 Å². The number of benzene rings is 1. The van der Waals surface area contributed by atoms with Gasteiger partial charge in [0.1, 0.15) is 11.3 Å². The Balaban J connectivity index is 2.30. The summed E-state index contributed by atoms with van der Waals surface area (Å²) in [5.74, 6) is 0.220. The Kier molecular flexibility index (Phi) is 3.66. The highest BCUT2D eigenvalue weighted by atomic mass is 16.5. The van der Waals surface area contributed by atoms with E-state index >= 15 is 0 Å². The van der Waals surface area contributed by atoms with Gasteiger partial charge in [-0.1, -0.05) is 0 Å². The third-order valence-electron chi connectivity index (χ3n) is 2.74. The second-order valence-corrected chi connectivity index (χ2v) is 3.94. The molecule has 0 aliphatic heterocycles. The predicted molar refractivity (Wildman–Crippen MR) is 71.6 cm³/mol. The number of anilines is 1. The maximum Gasteiger partial charge on any atom is 0.263 e. The van der Waals surface area contributed by atoms with Gasteiger partial charge in [0.25, 0.3) is 5.91 Å². The van der Waals surface area contributed by atoms with E-state index in [0.717, 1.165) is 0 Å². The summed E-state index contributed by atoms with van der Waals surface area (Å²) in [5, 5.41) is 9.24. The van der Waals surface area contributed by atoms with Crippen LogP contribution in [0.25, 0.3) is 0 Å². The number of nitrogens with zero attached hydrogens (tertiary/aromatic N) is 2. The molecule has 0 bridgehead atoms. The minimum Gasteiger partial charge on any atom is -0.508 e. The number of pyridine rings is 1. The largest absolute Gasteiger partial charge is 0.508 e. The summed E-state index contributed by atoms with van der Waals surface area (Å²) in [6.07, 6.45) is 1.57. The predicted octanol–water partition coefficient (Wildman–Crippen LogP) is 2.07. The number of hydrogen-bond donors (Lipinski definition) is 1. The molecule has 19 heavy (non-hydrogen) atoms. The molecule has 2 rings (SSSR count). The Morgan fingerprint density at radius 2 is 1.95 bits per heavy atom. The fraction of sp³-hybridized carbons (Fsp3) is 0.143. The number of ether oxygens (including phenoxy) is 1. The summed E-state index contributed by atoms with van der Waals surface area (Å²) in [6.45, 7) is 0. The summed E-state index contributed by atoms with van der Waals surface area (Å²) < 4.78 is 5.07. The third-order valence-corrected chi connectivity index (χ3v) is 2.74. The molecular weight excluding hydrogens is 244 g/mol. The minimum atomic E-state index is -0.226. The van der Waals surface area contributed by atoms with E-state index in [1.807, 2.05) is 0 Å². The molecule has 1 aromatic carbocycles. The maximum absolute atomic E-state index is 12.4. The molecule has 5 heteroatoms. The second kappa shape index (κ2) is 5.39. The van der Waals surface area contributed by atoms with Crippen LogP contribution >= 0.6 is 0 Å². The molecule has 0 saturated carbocycles. The fourth-order valence-electron chi connectivity index (χ4n) is 1.69. The van der Waals surface area contributed by atoms with E-state index in [-0.39, 0.29) is 17.5 Å². The van der Waals surface area contributed by atoms with Crippen LogP contribution in [-0.4, -0.2) is 30.2 Å². The zero-order chi connectivity index (χ0) is 13.8. The van der Waals surface area contributed by atoms with E-state index in [1.54, 1.807) is 37.5 Å². The normalized spacial score (nSPS) is 10.0. The van der Waals surface area contributed by atoms with E-state index in [2.05, 4.69) is 4.98 Å². The quantitative estimate of drug-likeness (QED) is 0.915. The van der Waals surface area contributed by atoms with Crippen molar-refractivity contribution in [1.29, 1.82) is 0 Å². The molecule has 98 valence electrons. The van der Waals surface area contributed by atoms with Gasteiger partial charge in [0, 0.05) is 18.9 Å². The van der Waals surface area contributed by atoms with Crippen molar-refractivity contribution in [2.45, 2.75) is 0 Å². The highest BCUT2D eigenvalue weighted by Crippen LogP contribution is 2.22. The number of rotatable bonds is 3. The second-order valence-electron chi connectivity index (χ2n) is 3.94. The van der Waals surface area contributed by atoms with Crippen LogP contribution in [0.5, 0.6) is 11.6 Å². The number of methoxy groups -OCH3 is 1. The van der Waals surface area contributed by atoms with E-state index in [4.69, 9.17) is 4.74 Å². The van der Waals surface area contributed by atoms with Crippen LogP contribution in [0.2, 0.25) is 0 Å². The van der Waals surface area contributed by atoms with Crippen LogP contribution in [0.1, 0.15) is 10.4 Å². The van der Waals surface area contributed by atoms with Gasteiger partial charge in [-0.3, -0.25) is 4.79 Å². The monoisotopic (exact) mass is 258 g/mol. The van der Waals surface area contributed by atoms with Crippen molar-refractivity contribution in [2.75, 3.05) is 19.1 Å². The molecule has 1 aromatic heterocycles. The lowest BCUT2D eigenvalue weighted by Crippen LogP contribution is -2.26. The molecule has 0 aliphatic rings. The number of phenolic OH excluding ortho intramolecular Hbond substituents is 1. The summed E-state index contributed by atoms with van der Waals surface area (Å²) >= 11 is 0. The van der Waals surface area contributed by atoms with Crippen molar-refractivity contribution in [3.8, 4) is 11.6 Å². The first-order valence-corrected chi connectivity index (χ1v) is 5.69. The number of phenols is 1. The van der Waals surface area contributed by atoms with Crippen molar-refractivity contribution < 1.29 is 14.6 Å². The van der Waals surface area contributed by atoms with Gasteiger partial charge < -0.3 is 14.7 Å². The summed E-state index contributed by atoms with van der Waals surface area (Å²) in [4.78, 5) is 17.8. The summed E-state index contributed by atoms with van der Waals surface area (Å²) in [5.41, 5.74) is 1.06. The molecule has 0 spiro atoms. The van der Waals surface area contributed by atoms with Crippen molar-refractivity contribution in [2.24, 2.45) is 0 Å². The first kappa shape index (κ1) is 12.9. The van der Waals surface area contributed by atoms with Crippen molar-refractivity contribution in [3.05, 3.63) is 48.2 Å². The maximum atomic E-state index is 12.4. The number of carbonyl (C=O) groups is 1. The SMILES string of the molecule is COc1ncccc1C(=O)N(C)c1ccc(O)cc1. The molecule has 0 radical (unpaired) electrons. The molecule has 0 unspecified atom stereocenters. The zero-order valence-electron chi connectivity index (χ0n) is 10.7. The molecule has 2 aromatic rings. The van der Waals surface area contributed by atoms with Gasteiger partial charge >= 0.3 is 0 Å². The van der Waals surface area contributed by atoms with Gasteiger partial charge in [-0.2, -0.15) is 0 Å².